The molecule has 0 aliphatic carbocycles. The Bertz CT molecular complexity index is 542. The van der Waals surface area contributed by atoms with E-state index in [4.69, 9.17) is 0 Å². The molecule has 2 unspecified atom stereocenters. The lowest BCUT2D eigenvalue weighted by Gasteiger charge is -2.26. The number of likely N-dealkylation sites (N-methyl/N-ethyl adjacent to an activating group) is 1. The van der Waals surface area contributed by atoms with E-state index in [1.54, 1.807) is 11.3 Å². The molecule has 0 bridgehead atoms. The number of nitrogens with zero attached hydrogens (tertiary/aromatic N) is 2. The van der Waals surface area contributed by atoms with Crippen molar-refractivity contribution in [3.8, 4) is 6.07 Å². The van der Waals surface area contributed by atoms with Gasteiger partial charge in [-0.05, 0) is 37.4 Å². The van der Waals surface area contributed by atoms with Crippen molar-refractivity contribution in [2.45, 2.75) is 25.3 Å². The molecule has 0 fully saturated rings. The molecule has 1 aromatic carbocycles. The standard InChI is InChI=1S/C17H20N2S/c1-14(11-17-9-6-10-20-17)19(2)13-16(12-18)15-7-4-3-5-8-15/h3-10,14,16H,11,13H2,1-2H3. The first-order valence-electron chi connectivity index (χ1n) is 6.88. The molecule has 0 aliphatic rings. The predicted molar refractivity (Wildman–Crippen MR) is 84.9 cm³/mol. The van der Waals surface area contributed by atoms with Gasteiger partial charge in [0.1, 0.15) is 0 Å². The minimum Gasteiger partial charge on any atom is -0.302 e. The van der Waals surface area contributed by atoms with Crippen LogP contribution in [-0.4, -0.2) is 24.5 Å². The minimum absolute atomic E-state index is 0.0630. The van der Waals surface area contributed by atoms with E-state index in [0.29, 0.717) is 6.04 Å². The van der Waals surface area contributed by atoms with Gasteiger partial charge in [0.2, 0.25) is 0 Å². The van der Waals surface area contributed by atoms with Gasteiger partial charge >= 0.3 is 0 Å². The summed E-state index contributed by atoms with van der Waals surface area (Å²) in [5.74, 6) is -0.0630. The van der Waals surface area contributed by atoms with Gasteiger partial charge in [0.15, 0.2) is 0 Å². The SMILES string of the molecule is CC(Cc1cccs1)N(C)CC(C#N)c1ccccc1. The maximum atomic E-state index is 9.39. The second-order valence-corrected chi connectivity index (χ2v) is 6.20. The quantitative estimate of drug-likeness (QED) is 0.804. The molecule has 0 N–H and O–H groups in total. The molecule has 2 aromatic rings. The lowest BCUT2D eigenvalue weighted by Crippen LogP contribution is -2.34. The van der Waals surface area contributed by atoms with Crippen LogP contribution in [0.4, 0.5) is 0 Å². The third-order valence-corrected chi connectivity index (χ3v) is 4.56. The smallest absolute Gasteiger partial charge is 0.0839 e. The summed E-state index contributed by atoms with van der Waals surface area (Å²) in [5, 5.41) is 11.5. The second kappa shape index (κ2) is 7.23. The van der Waals surface area contributed by atoms with E-state index in [2.05, 4.69) is 42.5 Å². The highest BCUT2D eigenvalue weighted by molar-refractivity contribution is 7.09. The molecule has 1 aromatic heterocycles. The van der Waals surface area contributed by atoms with Crippen molar-refractivity contribution in [1.82, 2.24) is 4.90 Å². The second-order valence-electron chi connectivity index (χ2n) is 5.16. The maximum Gasteiger partial charge on any atom is 0.0839 e. The van der Waals surface area contributed by atoms with Crippen molar-refractivity contribution in [3.05, 3.63) is 58.3 Å². The van der Waals surface area contributed by atoms with E-state index in [0.717, 1.165) is 18.5 Å². The fourth-order valence-corrected chi connectivity index (χ4v) is 3.08. The molecule has 20 heavy (non-hydrogen) atoms. The Morgan fingerprint density at radius 1 is 1.20 bits per heavy atom. The van der Waals surface area contributed by atoms with Gasteiger partial charge in [0.05, 0.1) is 12.0 Å². The molecule has 0 saturated carbocycles. The highest BCUT2D eigenvalue weighted by Crippen LogP contribution is 2.19. The van der Waals surface area contributed by atoms with Gasteiger partial charge in [-0.3, -0.25) is 0 Å². The van der Waals surface area contributed by atoms with E-state index in [1.807, 2.05) is 30.3 Å². The summed E-state index contributed by atoms with van der Waals surface area (Å²) in [5.41, 5.74) is 1.10. The molecule has 2 nitrogen and oxygen atoms in total. The topological polar surface area (TPSA) is 27.0 Å². The molecule has 104 valence electrons. The van der Waals surface area contributed by atoms with E-state index < -0.39 is 0 Å². The summed E-state index contributed by atoms with van der Waals surface area (Å²) in [6.45, 7) is 2.99. The molecule has 2 rings (SSSR count). The third kappa shape index (κ3) is 3.93. The summed E-state index contributed by atoms with van der Waals surface area (Å²) in [7, 11) is 2.10. The number of thiophene rings is 1. The van der Waals surface area contributed by atoms with Crippen molar-refractivity contribution >= 4 is 11.3 Å². The monoisotopic (exact) mass is 284 g/mol. The zero-order chi connectivity index (χ0) is 14.4. The minimum atomic E-state index is -0.0630. The molecule has 0 saturated heterocycles. The van der Waals surface area contributed by atoms with E-state index in [1.165, 1.54) is 4.88 Å². The Hall–Kier alpha value is -1.63. The van der Waals surface area contributed by atoms with Crippen LogP contribution >= 0.6 is 11.3 Å². The highest BCUT2D eigenvalue weighted by Gasteiger charge is 2.17. The van der Waals surface area contributed by atoms with Gasteiger partial charge in [-0.25, -0.2) is 0 Å². The van der Waals surface area contributed by atoms with Gasteiger partial charge < -0.3 is 4.90 Å². The highest BCUT2D eigenvalue weighted by atomic mass is 32.1. The Labute approximate surface area is 125 Å². The Morgan fingerprint density at radius 3 is 2.55 bits per heavy atom. The van der Waals surface area contributed by atoms with Crippen LogP contribution in [-0.2, 0) is 6.42 Å². The van der Waals surface area contributed by atoms with Crippen molar-refractivity contribution in [3.63, 3.8) is 0 Å². The van der Waals surface area contributed by atoms with Crippen LogP contribution in [0.25, 0.3) is 0 Å². The van der Waals surface area contributed by atoms with E-state index in [9.17, 15) is 5.26 Å². The van der Waals surface area contributed by atoms with Crippen LogP contribution in [0.1, 0.15) is 23.3 Å². The number of benzene rings is 1. The fraction of sp³-hybridized carbons (Fsp3) is 0.353. The predicted octanol–water partition coefficient (Wildman–Crippen LogP) is 3.92. The van der Waals surface area contributed by atoms with Gasteiger partial charge in [-0.15, -0.1) is 11.3 Å². The Kier molecular flexibility index (Phi) is 5.34. The number of nitriles is 1. The summed E-state index contributed by atoms with van der Waals surface area (Å²) in [6.07, 6.45) is 1.04. The average molecular weight is 284 g/mol. The van der Waals surface area contributed by atoms with E-state index in [-0.39, 0.29) is 5.92 Å². The Morgan fingerprint density at radius 2 is 1.95 bits per heavy atom. The van der Waals surface area contributed by atoms with Gasteiger partial charge in [-0.1, -0.05) is 36.4 Å². The fourth-order valence-electron chi connectivity index (χ4n) is 2.25. The molecule has 1 heterocycles. The summed E-state index contributed by atoms with van der Waals surface area (Å²) < 4.78 is 0. The molecule has 0 radical (unpaired) electrons. The van der Waals surface area contributed by atoms with Crippen LogP contribution in [0.3, 0.4) is 0 Å². The molecule has 3 heteroatoms. The van der Waals surface area contributed by atoms with Crippen molar-refractivity contribution in [2.24, 2.45) is 0 Å². The number of hydrogen-bond acceptors (Lipinski definition) is 3. The molecule has 0 amide bonds. The Balaban J connectivity index is 1.95. The zero-order valence-electron chi connectivity index (χ0n) is 12.0. The van der Waals surface area contributed by atoms with Crippen molar-refractivity contribution < 1.29 is 0 Å². The van der Waals surface area contributed by atoms with Crippen LogP contribution in [0.2, 0.25) is 0 Å². The first kappa shape index (κ1) is 14.8. The maximum absolute atomic E-state index is 9.39. The normalized spacial score (nSPS) is 13.9. The molecule has 2 atom stereocenters. The van der Waals surface area contributed by atoms with E-state index >= 15 is 0 Å². The number of rotatable bonds is 6. The largest absolute Gasteiger partial charge is 0.302 e. The average Bonchev–Trinajstić information content (AvgIpc) is 2.98. The first-order chi connectivity index (χ1) is 9.70. The first-order valence-corrected chi connectivity index (χ1v) is 7.76. The molecular weight excluding hydrogens is 264 g/mol. The molecule has 0 aliphatic heterocycles. The lowest BCUT2D eigenvalue weighted by molar-refractivity contribution is 0.252. The zero-order valence-corrected chi connectivity index (χ0v) is 12.8. The van der Waals surface area contributed by atoms with Crippen molar-refractivity contribution in [1.29, 1.82) is 5.26 Å². The summed E-state index contributed by atoms with van der Waals surface area (Å²) >= 11 is 1.80. The lowest BCUT2D eigenvalue weighted by atomic mass is 9.99. The van der Waals surface area contributed by atoms with Gasteiger partial charge in [0.25, 0.3) is 0 Å². The van der Waals surface area contributed by atoms with Crippen LogP contribution in [0, 0.1) is 11.3 Å². The van der Waals surface area contributed by atoms with Gasteiger partial charge in [0, 0.05) is 17.5 Å². The number of hydrogen-bond donors (Lipinski definition) is 0. The molecule has 0 spiro atoms. The van der Waals surface area contributed by atoms with Gasteiger partial charge in [-0.2, -0.15) is 5.26 Å². The third-order valence-electron chi connectivity index (χ3n) is 3.66. The van der Waals surface area contributed by atoms with Crippen LogP contribution in [0.15, 0.2) is 47.8 Å². The van der Waals surface area contributed by atoms with Crippen LogP contribution < -0.4 is 0 Å². The van der Waals surface area contributed by atoms with Crippen molar-refractivity contribution in [2.75, 3.05) is 13.6 Å². The summed E-state index contributed by atoms with van der Waals surface area (Å²) in [4.78, 5) is 3.68. The molecular formula is C17H20N2S. The summed E-state index contributed by atoms with van der Waals surface area (Å²) in [6, 6.07) is 17.2. The van der Waals surface area contributed by atoms with Crippen LogP contribution in [0.5, 0.6) is 0 Å².